The van der Waals surface area contributed by atoms with Crippen LogP contribution in [0.15, 0.2) is 11.1 Å². The highest BCUT2D eigenvalue weighted by Crippen LogP contribution is 2.15. The van der Waals surface area contributed by atoms with Gasteiger partial charge in [0.05, 0.1) is 0 Å². The maximum atomic E-state index is 9.57. The lowest BCUT2D eigenvalue weighted by atomic mass is 9.99. The van der Waals surface area contributed by atoms with Gasteiger partial charge in [-0.2, -0.15) is 0 Å². The van der Waals surface area contributed by atoms with Gasteiger partial charge < -0.3 is 5.11 Å². The predicted molar refractivity (Wildman–Crippen MR) is 69.7 cm³/mol. The summed E-state index contributed by atoms with van der Waals surface area (Å²) in [5.41, 5.74) is 1.04. The summed E-state index contributed by atoms with van der Waals surface area (Å²) in [4.78, 5) is 0. The largest absolute Gasteiger partial charge is 0.378 e. The average molecular weight is 218 g/mol. The van der Waals surface area contributed by atoms with Gasteiger partial charge in [0.15, 0.2) is 0 Å². The van der Waals surface area contributed by atoms with Gasteiger partial charge in [-0.05, 0) is 26.7 Å². The van der Waals surface area contributed by atoms with E-state index in [1.807, 2.05) is 0 Å². The second-order valence-corrected chi connectivity index (χ2v) is 4.41. The summed E-state index contributed by atoms with van der Waals surface area (Å²) >= 11 is 0. The molecule has 0 rings (SSSR count). The molecule has 0 saturated heterocycles. The van der Waals surface area contributed by atoms with E-state index < -0.39 is 5.60 Å². The molecule has 16 heavy (non-hydrogen) atoms. The Balaban J connectivity index is 5.11. The van der Waals surface area contributed by atoms with E-state index >= 15 is 0 Å². The molecule has 1 heteroatoms. The maximum Gasteiger partial charge on any atom is 0.120 e. The Morgan fingerprint density at radius 3 is 2.00 bits per heavy atom. The Morgan fingerprint density at radius 2 is 1.62 bits per heavy atom. The molecule has 88 valence electrons. The highest BCUT2D eigenvalue weighted by Gasteiger charge is 2.07. The fourth-order valence-corrected chi connectivity index (χ4v) is 1.33. The topological polar surface area (TPSA) is 20.2 Å². The van der Waals surface area contributed by atoms with Crippen LogP contribution in [0.25, 0.3) is 0 Å². The quantitative estimate of drug-likeness (QED) is 0.718. The van der Waals surface area contributed by atoms with Gasteiger partial charge >= 0.3 is 0 Å². The lowest BCUT2D eigenvalue weighted by molar-refractivity contribution is 0.143. The third-order valence-electron chi connectivity index (χ3n) is 2.06. The van der Waals surface area contributed by atoms with Gasteiger partial charge in [-0.3, -0.25) is 0 Å². The average Bonchev–Trinajstić information content (AvgIpc) is 2.20. The van der Waals surface area contributed by atoms with Crippen LogP contribution in [0.5, 0.6) is 0 Å². The SMILES string of the molecule is C#C/C(CCC)=C(\C#CC(C)(C)O)CCC. The fourth-order valence-electron chi connectivity index (χ4n) is 1.33. The van der Waals surface area contributed by atoms with Gasteiger partial charge in [0.2, 0.25) is 0 Å². The summed E-state index contributed by atoms with van der Waals surface area (Å²) in [6, 6.07) is 0. The number of rotatable bonds is 4. The first-order chi connectivity index (χ1) is 7.44. The third kappa shape index (κ3) is 6.33. The molecule has 0 aromatic heterocycles. The van der Waals surface area contributed by atoms with Crippen molar-refractivity contribution in [1.82, 2.24) is 0 Å². The Hall–Kier alpha value is -1.18. The van der Waals surface area contributed by atoms with E-state index in [2.05, 4.69) is 31.6 Å². The summed E-state index contributed by atoms with van der Waals surface area (Å²) in [6.07, 6.45) is 9.32. The minimum Gasteiger partial charge on any atom is -0.378 e. The summed E-state index contributed by atoms with van der Waals surface area (Å²) in [6.45, 7) is 7.56. The van der Waals surface area contributed by atoms with Crippen LogP contribution in [0.1, 0.15) is 53.4 Å². The monoisotopic (exact) mass is 218 g/mol. The van der Waals surface area contributed by atoms with Crippen LogP contribution < -0.4 is 0 Å². The van der Waals surface area contributed by atoms with Crippen LogP contribution in [0, 0.1) is 24.2 Å². The van der Waals surface area contributed by atoms with Crippen LogP contribution >= 0.6 is 0 Å². The first-order valence-corrected chi connectivity index (χ1v) is 5.88. The Labute approximate surface area is 100.0 Å². The molecule has 0 spiro atoms. The molecule has 1 N–H and O–H groups in total. The molecule has 0 aromatic rings. The normalized spacial score (nSPS) is 12.2. The molecular formula is C15H22O. The highest BCUT2D eigenvalue weighted by atomic mass is 16.3. The van der Waals surface area contributed by atoms with E-state index in [9.17, 15) is 5.11 Å². The van der Waals surface area contributed by atoms with E-state index in [4.69, 9.17) is 6.42 Å². The van der Waals surface area contributed by atoms with E-state index in [1.165, 1.54) is 0 Å². The Kier molecular flexibility index (Phi) is 6.63. The van der Waals surface area contributed by atoms with E-state index in [-0.39, 0.29) is 0 Å². The molecule has 0 aromatic carbocycles. The standard InChI is InChI=1S/C15H22O/c1-6-9-13(8-3)14(10-7-2)11-12-15(4,5)16/h3,16H,6-7,9-10H2,1-2,4-5H3/b14-13+. The summed E-state index contributed by atoms with van der Waals surface area (Å²) < 4.78 is 0. The van der Waals surface area contributed by atoms with Crippen molar-refractivity contribution in [3.8, 4) is 24.2 Å². The van der Waals surface area contributed by atoms with Crippen LogP contribution in [0.4, 0.5) is 0 Å². The smallest absolute Gasteiger partial charge is 0.120 e. The number of hydrogen-bond donors (Lipinski definition) is 1. The van der Waals surface area contributed by atoms with Crippen molar-refractivity contribution in [2.24, 2.45) is 0 Å². The molecule has 0 bridgehead atoms. The molecule has 0 heterocycles. The molecule has 0 aliphatic rings. The van der Waals surface area contributed by atoms with Crippen LogP contribution in [0.2, 0.25) is 0 Å². The molecule has 0 amide bonds. The summed E-state index contributed by atoms with van der Waals surface area (Å²) in [5.74, 6) is 8.59. The van der Waals surface area contributed by atoms with Gasteiger partial charge in [-0.1, -0.05) is 44.5 Å². The van der Waals surface area contributed by atoms with Gasteiger partial charge in [0.25, 0.3) is 0 Å². The summed E-state index contributed by atoms with van der Waals surface area (Å²) in [7, 11) is 0. The van der Waals surface area contributed by atoms with Gasteiger partial charge in [0, 0.05) is 11.1 Å². The number of hydrogen-bond acceptors (Lipinski definition) is 1. The second-order valence-electron chi connectivity index (χ2n) is 4.41. The molecule has 0 fully saturated rings. The molecule has 0 radical (unpaired) electrons. The minimum absolute atomic E-state index is 0.891. The first-order valence-electron chi connectivity index (χ1n) is 5.88. The van der Waals surface area contributed by atoms with Gasteiger partial charge in [0.1, 0.15) is 5.60 Å². The molecule has 0 aliphatic heterocycles. The van der Waals surface area contributed by atoms with Crippen LogP contribution in [-0.2, 0) is 0 Å². The van der Waals surface area contributed by atoms with Crippen molar-refractivity contribution in [2.45, 2.75) is 59.0 Å². The van der Waals surface area contributed by atoms with Gasteiger partial charge in [-0.15, -0.1) is 6.42 Å². The van der Waals surface area contributed by atoms with E-state index in [0.717, 1.165) is 36.8 Å². The predicted octanol–water partition coefficient (Wildman–Crippen LogP) is 3.29. The number of terminal acetylenes is 1. The molecule has 0 aliphatic carbocycles. The number of aliphatic hydroxyl groups is 1. The van der Waals surface area contributed by atoms with Crippen molar-refractivity contribution in [3.05, 3.63) is 11.1 Å². The van der Waals surface area contributed by atoms with Crippen molar-refractivity contribution < 1.29 is 5.11 Å². The molecule has 1 nitrogen and oxygen atoms in total. The van der Waals surface area contributed by atoms with Crippen molar-refractivity contribution >= 4 is 0 Å². The second kappa shape index (κ2) is 7.15. The Bertz CT molecular complexity index is 336. The van der Waals surface area contributed by atoms with Gasteiger partial charge in [-0.25, -0.2) is 0 Å². The molecule has 0 unspecified atom stereocenters. The molecule has 0 atom stereocenters. The molecular weight excluding hydrogens is 196 g/mol. The lowest BCUT2D eigenvalue weighted by Crippen LogP contribution is -2.14. The fraction of sp³-hybridized carbons (Fsp3) is 0.600. The van der Waals surface area contributed by atoms with Crippen molar-refractivity contribution in [1.29, 1.82) is 0 Å². The first kappa shape index (κ1) is 14.8. The summed E-state index contributed by atoms with van der Waals surface area (Å²) in [5, 5.41) is 9.57. The zero-order valence-corrected chi connectivity index (χ0v) is 10.9. The zero-order chi connectivity index (χ0) is 12.6. The van der Waals surface area contributed by atoms with Crippen LogP contribution in [0.3, 0.4) is 0 Å². The lowest BCUT2D eigenvalue weighted by Gasteiger charge is -2.08. The van der Waals surface area contributed by atoms with Crippen molar-refractivity contribution in [3.63, 3.8) is 0 Å². The Morgan fingerprint density at radius 1 is 1.12 bits per heavy atom. The van der Waals surface area contributed by atoms with Crippen molar-refractivity contribution in [2.75, 3.05) is 0 Å². The van der Waals surface area contributed by atoms with E-state index in [0.29, 0.717) is 0 Å². The maximum absolute atomic E-state index is 9.57. The number of allylic oxidation sites excluding steroid dienone is 2. The minimum atomic E-state index is -0.953. The molecule has 0 saturated carbocycles. The zero-order valence-electron chi connectivity index (χ0n) is 10.9. The van der Waals surface area contributed by atoms with Crippen LogP contribution in [-0.4, -0.2) is 10.7 Å². The third-order valence-corrected chi connectivity index (χ3v) is 2.06. The van der Waals surface area contributed by atoms with E-state index in [1.54, 1.807) is 13.8 Å². The highest BCUT2D eigenvalue weighted by molar-refractivity contribution is 5.42.